The largest absolute Gasteiger partial charge is 0.392 e. The van der Waals surface area contributed by atoms with E-state index in [0.29, 0.717) is 17.7 Å². The van der Waals surface area contributed by atoms with Gasteiger partial charge in [0.2, 0.25) is 5.82 Å². The van der Waals surface area contributed by atoms with Gasteiger partial charge in [0.1, 0.15) is 11.9 Å². The number of hydrogen-bond acceptors (Lipinski definition) is 7. The van der Waals surface area contributed by atoms with Crippen LogP contribution in [-0.2, 0) is 29.7 Å². The van der Waals surface area contributed by atoms with Crippen molar-refractivity contribution in [2.75, 3.05) is 5.75 Å². The minimum absolute atomic E-state index is 0.0693. The third-order valence-electron chi connectivity index (χ3n) is 7.99. The van der Waals surface area contributed by atoms with Gasteiger partial charge < -0.3 is 24.5 Å². The molecule has 1 aromatic heterocycles. The molecule has 0 bridgehead atoms. The number of benzene rings is 4. The van der Waals surface area contributed by atoms with E-state index >= 15 is 0 Å². The molecule has 2 N–H and O–H groups in total. The quantitative estimate of drug-likeness (QED) is 0.0707. The Morgan fingerprint density at radius 3 is 2.22 bits per heavy atom. The number of hydrogen-bond donors (Lipinski definition) is 2. The highest BCUT2D eigenvalue weighted by Crippen LogP contribution is 2.40. The number of aromatic nitrogens is 3. The van der Waals surface area contributed by atoms with Crippen LogP contribution in [0, 0.1) is 29.1 Å². The van der Waals surface area contributed by atoms with Crippen LogP contribution in [-0.4, -0.2) is 37.6 Å². The van der Waals surface area contributed by atoms with Gasteiger partial charge in [0.15, 0.2) is 34.7 Å². The number of thioether (sulfide) groups is 1. The number of nitrogens with zero attached hydrogens (tertiary/aromatic N) is 3. The second-order valence-electron chi connectivity index (χ2n) is 11.3. The van der Waals surface area contributed by atoms with Crippen LogP contribution in [0.15, 0.2) is 84.3 Å². The minimum Gasteiger partial charge on any atom is -0.392 e. The number of ether oxygens (including phenoxy) is 2. The lowest BCUT2D eigenvalue weighted by Crippen LogP contribution is -2.31. The van der Waals surface area contributed by atoms with E-state index in [1.54, 1.807) is 24.5 Å². The molecule has 49 heavy (non-hydrogen) atoms. The van der Waals surface area contributed by atoms with Gasteiger partial charge in [-0.3, -0.25) is 4.79 Å². The molecule has 0 spiro atoms. The average Bonchev–Trinajstić information content (AvgIpc) is 3.55. The summed E-state index contributed by atoms with van der Waals surface area (Å²) in [6.07, 6.45) is 0.966. The highest BCUT2D eigenvalue weighted by atomic mass is 32.2. The van der Waals surface area contributed by atoms with E-state index in [4.69, 9.17) is 9.47 Å². The summed E-state index contributed by atoms with van der Waals surface area (Å²) in [5.41, 5.74) is 2.93. The molecule has 254 valence electrons. The number of carbonyl (C=O) groups excluding carboxylic acids is 1. The number of aryl methyl sites for hydroxylation is 1. The number of aliphatic hydroxyl groups excluding tert-OH is 1. The molecule has 0 saturated carbocycles. The maximum atomic E-state index is 14.1. The summed E-state index contributed by atoms with van der Waals surface area (Å²) in [5, 5.41) is 20.6. The lowest BCUT2D eigenvalue weighted by molar-refractivity contribution is -0.245. The molecule has 4 aromatic carbocycles. The molecule has 1 saturated heterocycles. The summed E-state index contributed by atoms with van der Waals surface area (Å²) in [7, 11) is 1.86. The fourth-order valence-corrected chi connectivity index (χ4v) is 6.30. The minimum atomic E-state index is -2.34. The van der Waals surface area contributed by atoms with Crippen molar-refractivity contribution in [2.45, 2.75) is 43.2 Å². The third kappa shape index (κ3) is 7.52. The normalized spacial score (nSPS) is 17.7. The summed E-state index contributed by atoms with van der Waals surface area (Å²) < 4.78 is 83.7. The zero-order valence-corrected chi connectivity index (χ0v) is 26.7. The maximum absolute atomic E-state index is 14.1. The van der Waals surface area contributed by atoms with Gasteiger partial charge in [0.25, 0.3) is 5.91 Å². The maximum Gasteiger partial charge on any atom is 0.257 e. The van der Waals surface area contributed by atoms with E-state index in [9.17, 15) is 31.9 Å². The van der Waals surface area contributed by atoms with Crippen molar-refractivity contribution in [3.05, 3.63) is 136 Å². The van der Waals surface area contributed by atoms with Crippen LogP contribution in [0.4, 0.5) is 22.0 Å². The standard InChI is InChI=1S/C35H29F5N4O4S/c1-44-18-42-43-35(44)49-17-25-14-26(21-10-8-19(16-45)9-11-21)48-34(47-25)24-7-3-6-23(13-24)22-5-2-4-20(12-22)15-41-33(46)27-28(36)30(38)32(40)31(39)29(27)37/h2-13,18,25-26,34,45H,14-17H2,1H3,(H,41,46)/t25-,26+,34+/m0/s1. The van der Waals surface area contributed by atoms with Crippen molar-refractivity contribution < 1.29 is 41.3 Å². The first-order valence-corrected chi connectivity index (χ1v) is 16.1. The first kappa shape index (κ1) is 34.2. The number of halogens is 5. The monoisotopic (exact) mass is 696 g/mol. The Kier molecular flexibility index (Phi) is 10.4. The molecule has 8 nitrogen and oxygen atoms in total. The van der Waals surface area contributed by atoms with Crippen molar-refractivity contribution >= 4 is 17.7 Å². The predicted molar refractivity (Wildman–Crippen MR) is 169 cm³/mol. The summed E-state index contributed by atoms with van der Waals surface area (Å²) in [6, 6.07) is 22.0. The van der Waals surface area contributed by atoms with Gasteiger partial charge in [-0.1, -0.05) is 72.4 Å². The number of rotatable bonds is 10. The zero-order valence-electron chi connectivity index (χ0n) is 25.9. The van der Waals surface area contributed by atoms with Gasteiger partial charge >= 0.3 is 0 Å². The van der Waals surface area contributed by atoms with Gasteiger partial charge in [-0.2, -0.15) is 0 Å². The lowest BCUT2D eigenvalue weighted by Gasteiger charge is -2.36. The fraction of sp³-hybridized carbons (Fsp3) is 0.229. The van der Waals surface area contributed by atoms with Gasteiger partial charge in [-0.05, 0) is 39.9 Å². The van der Waals surface area contributed by atoms with E-state index in [-0.39, 0.29) is 25.4 Å². The predicted octanol–water partition coefficient (Wildman–Crippen LogP) is 6.94. The van der Waals surface area contributed by atoms with Crippen LogP contribution in [0.3, 0.4) is 0 Å². The Morgan fingerprint density at radius 1 is 0.878 bits per heavy atom. The van der Waals surface area contributed by atoms with Crippen molar-refractivity contribution in [1.82, 2.24) is 20.1 Å². The number of carbonyl (C=O) groups is 1. The lowest BCUT2D eigenvalue weighted by atomic mass is 9.99. The number of amides is 1. The Bertz CT molecular complexity index is 1950. The summed E-state index contributed by atoms with van der Waals surface area (Å²) in [5.74, 6) is -12.0. The second-order valence-corrected chi connectivity index (χ2v) is 12.3. The van der Waals surface area contributed by atoms with E-state index in [1.807, 2.05) is 66.2 Å². The highest BCUT2D eigenvalue weighted by molar-refractivity contribution is 7.99. The third-order valence-corrected chi connectivity index (χ3v) is 9.16. The van der Waals surface area contributed by atoms with E-state index in [0.717, 1.165) is 33.0 Å². The SMILES string of the molecule is Cn1cnnc1SC[C@@H]1C[C@H](c2ccc(CO)cc2)O[C@H](c2cccc(-c3cccc(CNC(=O)c4c(F)c(F)c(F)c(F)c4F)c3)c2)O1. The molecular weight excluding hydrogens is 667 g/mol. The molecule has 0 radical (unpaired) electrons. The molecule has 5 aromatic rings. The van der Waals surface area contributed by atoms with E-state index in [2.05, 4.69) is 15.5 Å². The molecule has 1 aliphatic rings. The molecule has 1 aliphatic heterocycles. The van der Waals surface area contributed by atoms with Gasteiger partial charge in [0, 0.05) is 31.3 Å². The summed E-state index contributed by atoms with van der Waals surface area (Å²) >= 11 is 1.52. The molecule has 6 rings (SSSR count). The van der Waals surface area contributed by atoms with Crippen molar-refractivity contribution in [1.29, 1.82) is 0 Å². The molecule has 0 unspecified atom stereocenters. The van der Waals surface area contributed by atoms with Gasteiger partial charge in [0.05, 0.1) is 18.8 Å². The van der Waals surface area contributed by atoms with E-state index in [1.165, 1.54) is 11.8 Å². The molecule has 3 atom stereocenters. The van der Waals surface area contributed by atoms with Crippen LogP contribution in [0.1, 0.15) is 51.4 Å². The number of nitrogens with one attached hydrogen (secondary N) is 1. The van der Waals surface area contributed by atoms with Crippen LogP contribution < -0.4 is 5.32 Å². The van der Waals surface area contributed by atoms with Crippen molar-refractivity contribution in [2.24, 2.45) is 7.05 Å². The molecule has 1 amide bonds. The van der Waals surface area contributed by atoms with Crippen molar-refractivity contribution in [3.8, 4) is 11.1 Å². The van der Waals surface area contributed by atoms with Crippen LogP contribution in [0.25, 0.3) is 11.1 Å². The molecule has 0 aliphatic carbocycles. The summed E-state index contributed by atoms with van der Waals surface area (Å²) in [4.78, 5) is 12.5. The van der Waals surface area contributed by atoms with Crippen LogP contribution >= 0.6 is 11.8 Å². The fourth-order valence-electron chi connectivity index (χ4n) is 5.39. The first-order chi connectivity index (χ1) is 23.6. The summed E-state index contributed by atoms with van der Waals surface area (Å²) in [6.45, 7) is -0.317. The molecule has 14 heteroatoms. The topological polar surface area (TPSA) is 98.5 Å². The van der Waals surface area contributed by atoms with Crippen molar-refractivity contribution in [3.63, 3.8) is 0 Å². The molecular formula is C35H29F5N4O4S. The highest BCUT2D eigenvalue weighted by Gasteiger charge is 2.33. The Morgan fingerprint density at radius 2 is 1.55 bits per heavy atom. The average molecular weight is 697 g/mol. The van der Waals surface area contributed by atoms with Gasteiger partial charge in [-0.15, -0.1) is 10.2 Å². The van der Waals surface area contributed by atoms with Gasteiger partial charge in [-0.25, -0.2) is 22.0 Å². The Hall–Kier alpha value is -4.63. The van der Waals surface area contributed by atoms with Crippen LogP contribution in [0.2, 0.25) is 0 Å². The Labute approximate surface area is 281 Å². The molecule has 2 heterocycles. The molecule has 1 fully saturated rings. The smallest absolute Gasteiger partial charge is 0.257 e. The Balaban J connectivity index is 1.20. The van der Waals surface area contributed by atoms with Crippen LogP contribution in [0.5, 0.6) is 0 Å². The zero-order chi connectivity index (χ0) is 34.7. The first-order valence-electron chi connectivity index (χ1n) is 15.1. The van der Waals surface area contributed by atoms with E-state index < -0.39 is 46.8 Å². The number of aliphatic hydroxyl groups is 1. The second kappa shape index (κ2) is 14.9.